The van der Waals surface area contributed by atoms with Crippen molar-refractivity contribution in [2.75, 3.05) is 26.2 Å². The number of aryl methyl sites for hydroxylation is 1. The molecule has 1 aromatic heterocycles. The number of benzene rings is 2. The molecule has 2 heterocycles. The highest BCUT2D eigenvalue weighted by atomic mass is 32.2. The topological polar surface area (TPSA) is 70.6 Å². The van der Waals surface area contributed by atoms with E-state index in [9.17, 15) is 13.2 Å². The molecule has 0 radical (unpaired) electrons. The highest BCUT2D eigenvalue weighted by Gasteiger charge is 2.29. The van der Waals surface area contributed by atoms with Gasteiger partial charge in [0, 0.05) is 37.7 Å². The molecule has 4 rings (SSSR count). The molecule has 2 aromatic carbocycles. The summed E-state index contributed by atoms with van der Waals surface area (Å²) in [6.07, 6.45) is 1.73. The lowest BCUT2D eigenvalue weighted by molar-refractivity contribution is 0.0712. The molecule has 1 amide bonds. The second-order valence-electron chi connectivity index (χ2n) is 8.16. The number of carbonyl (C=O) groups is 1. The Kier molecular flexibility index (Phi) is 6.65. The van der Waals surface area contributed by atoms with E-state index in [-0.39, 0.29) is 10.8 Å². The van der Waals surface area contributed by atoms with Crippen LogP contribution in [0.5, 0.6) is 0 Å². The number of hydrogen-bond donors (Lipinski definition) is 0. The van der Waals surface area contributed by atoms with Gasteiger partial charge in [-0.05, 0) is 49.6 Å². The minimum Gasteiger partial charge on any atom is -0.339 e. The maximum atomic E-state index is 13.2. The summed E-state index contributed by atoms with van der Waals surface area (Å²) >= 11 is 1.74. The number of sulfonamides is 1. The number of hydrogen-bond acceptors (Lipinski definition) is 5. The molecule has 32 heavy (non-hydrogen) atoms. The van der Waals surface area contributed by atoms with Crippen LogP contribution in [0, 0.1) is 6.92 Å². The van der Waals surface area contributed by atoms with Crippen LogP contribution in [0.25, 0.3) is 10.2 Å². The predicted octanol–water partition coefficient (Wildman–Crippen LogP) is 4.66. The SMILES string of the molecule is CCN(CC)S(=O)(=O)c1cc(C(=O)N2CCC(c3nc4ccccc4s3)CC2)ccc1C. The van der Waals surface area contributed by atoms with Gasteiger partial charge in [0.15, 0.2) is 0 Å². The molecule has 170 valence electrons. The van der Waals surface area contributed by atoms with Crippen LogP contribution in [0.1, 0.15) is 53.5 Å². The lowest BCUT2D eigenvalue weighted by Crippen LogP contribution is -2.38. The smallest absolute Gasteiger partial charge is 0.253 e. The zero-order valence-electron chi connectivity index (χ0n) is 18.7. The third-order valence-corrected chi connectivity index (χ3v) is 9.59. The summed E-state index contributed by atoms with van der Waals surface area (Å²) in [5.74, 6) is 0.247. The Morgan fingerprint density at radius 2 is 1.81 bits per heavy atom. The maximum absolute atomic E-state index is 13.2. The summed E-state index contributed by atoms with van der Waals surface area (Å²) in [6, 6.07) is 13.2. The van der Waals surface area contributed by atoms with E-state index in [1.54, 1.807) is 36.5 Å². The minimum absolute atomic E-state index is 0.108. The number of nitrogens with zero attached hydrogens (tertiary/aromatic N) is 3. The van der Waals surface area contributed by atoms with Crippen molar-refractivity contribution in [2.24, 2.45) is 0 Å². The zero-order chi connectivity index (χ0) is 22.9. The molecule has 3 aromatic rings. The van der Waals surface area contributed by atoms with E-state index >= 15 is 0 Å². The standard InChI is InChI=1S/C24H29N3O3S2/c1-4-27(5-2)32(29,30)22-16-19(11-10-17(22)3)24(28)26-14-12-18(13-15-26)23-25-20-8-6-7-9-21(20)31-23/h6-11,16,18H,4-5,12-15H2,1-3H3. The Morgan fingerprint density at radius 3 is 2.47 bits per heavy atom. The third-order valence-electron chi connectivity index (χ3n) is 6.20. The molecule has 1 fully saturated rings. The molecule has 0 N–H and O–H groups in total. The van der Waals surface area contributed by atoms with Gasteiger partial charge >= 0.3 is 0 Å². The molecule has 1 aliphatic rings. The Morgan fingerprint density at radius 1 is 1.12 bits per heavy atom. The molecule has 0 aliphatic carbocycles. The molecule has 0 unspecified atom stereocenters. The quantitative estimate of drug-likeness (QED) is 0.524. The van der Waals surface area contributed by atoms with Crippen molar-refractivity contribution in [3.63, 3.8) is 0 Å². The summed E-state index contributed by atoms with van der Waals surface area (Å²) in [4.78, 5) is 20.0. The number of para-hydroxylation sites is 1. The zero-order valence-corrected chi connectivity index (χ0v) is 20.4. The number of thiazole rings is 1. The average molecular weight is 472 g/mol. The van der Waals surface area contributed by atoms with E-state index in [1.165, 1.54) is 9.01 Å². The predicted molar refractivity (Wildman–Crippen MR) is 129 cm³/mol. The van der Waals surface area contributed by atoms with Crippen molar-refractivity contribution in [1.82, 2.24) is 14.2 Å². The minimum atomic E-state index is -3.62. The van der Waals surface area contributed by atoms with Crippen LogP contribution >= 0.6 is 11.3 Å². The Labute approximate surface area is 193 Å². The van der Waals surface area contributed by atoms with E-state index < -0.39 is 10.0 Å². The van der Waals surface area contributed by atoms with Crippen molar-refractivity contribution in [3.05, 3.63) is 58.6 Å². The van der Waals surface area contributed by atoms with Crippen molar-refractivity contribution in [3.8, 4) is 0 Å². The van der Waals surface area contributed by atoms with Gasteiger partial charge in [0.25, 0.3) is 5.91 Å². The van der Waals surface area contributed by atoms with Crippen LogP contribution in [-0.2, 0) is 10.0 Å². The first-order valence-corrected chi connectivity index (χ1v) is 13.4. The summed E-state index contributed by atoms with van der Waals surface area (Å²) in [5, 5.41) is 1.14. The van der Waals surface area contributed by atoms with Gasteiger partial charge in [0.1, 0.15) is 0 Å². The molecule has 1 saturated heterocycles. The van der Waals surface area contributed by atoms with Crippen molar-refractivity contribution >= 4 is 37.5 Å². The van der Waals surface area contributed by atoms with Crippen molar-refractivity contribution in [2.45, 2.75) is 44.4 Å². The molecule has 8 heteroatoms. The maximum Gasteiger partial charge on any atom is 0.253 e. The van der Waals surface area contributed by atoms with Gasteiger partial charge in [-0.2, -0.15) is 4.31 Å². The molecular weight excluding hydrogens is 442 g/mol. The Balaban J connectivity index is 1.49. The second kappa shape index (κ2) is 9.29. The molecule has 6 nitrogen and oxygen atoms in total. The van der Waals surface area contributed by atoms with Crippen LogP contribution in [0.4, 0.5) is 0 Å². The van der Waals surface area contributed by atoms with Gasteiger partial charge < -0.3 is 4.90 Å². The number of amides is 1. The fourth-order valence-corrected chi connectivity index (χ4v) is 7.14. The first-order chi connectivity index (χ1) is 15.3. The average Bonchev–Trinajstić information content (AvgIpc) is 3.24. The molecular formula is C24H29N3O3S2. The van der Waals surface area contributed by atoms with E-state index in [1.807, 2.05) is 36.9 Å². The normalized spacial score (nSPS) is 15.6. The van der Waals surface area contributed by atoms with Crippen LogP contribution in [0.3, 0.4) is 0 Å². The van der Waals surface area contributed by atoms with E-state index in [0.717, 1.165) is 23.4 Å². The fourth-order valence-electron chi connectivity index (χ4n) is 4.29. The lowest BCUT2D eigenvalue weighted by atomic mass is 9.97. The second-order valence-corrected chi connectivity index (χ2v) is 11.1. The lowest BCUT2D eigenvalue weighted by Gasteiger charge is -2.31. The van der Waals surface area contributed by atoms with Gasteiger partial charge in [0.2, 0.25) is 10.0 Å². The van der Waals surface area contributed by atoms with E-state index in [0.29, 0.717) is 43.2 Å². The highest BCUT2D eigenvalue weighted by molar-refractivity contribution is 7.89. The van der Waals surface area contributed by atoms with Crippen molar-refractivity contribution < 1.29 is 13.2 Å². The monoisotopic (exact) mass is 471 g/mol. The molecule has 0 atom stereocenters. The van der Waals surface area contributed by atoms with E-state index in [4.69, 9.17) is 4.98 Å². The fraction of sp³-hybridized carbons (Fsp3) is 0.417. The number of piperidine rings is 1. The molecule has 0 spiro atoms. The Hall–Kier alpha value is -2.29. The van der Waals surface area contributed by atoms with Gasteiger partial charge in [-0.15, -0.1) is 11.3 Å². The molecule has 1 aliphatic heterocycles. The summed E-state index contributed by atoms with van der Waals surface area (Å²) in [7, 11) is -3.62. The summed E-state index contributed by atoms with van der Waals surface area (Å²) < 4.78 is 28.7. The van der Waals surface area contributed by atoms with Crippen LogP contribution in [0.15, 0.2) is 47.4 Å². The third kappa shape index (κ3) is 4.31. The molecule has 0 saturated carbocycles. The number of fused-ring (bicyclic) bond motifs is 1. The largest absolute Gasteiger partial charge is 0.339 e. The van der Waals surface area contributed by atoms with Crippen molar-refractivity contribution in [1.29, 1.82) is 0 Å². The van der Waals surface area contributed by atoms with Gasteiger partial charge in [-0.25, -0.2) is 13.4 Å². The van der Waals surface area contributed by atoms with Gasteiger partial charge in [-0.3, -0.25) is 4.79 Å². The van der Waals surface area contributed by atoms with Gasteiger partial charge in [0.05, 0.1) is 20.1 Å². The molecule has 0 bridgehead atoms. The first-order valence-electron chi connectivity index (χ1n) is 11.1. The number of rotatable bonds is 6. The van der Waals surface area contributed by atoms with Crippen LogP contribution in [-0.4, -0.2) is 54.7 Å². The van der Waals surface area contributed by atoms with Gasteiger partial charge in [-0.1, -0.05) is 32.0 Å². The Bertz CT molecular complexity index is 1190. The van der Waals surface area contributed by atoms with Crippen LogP contribution < -0.4 is 0 Å². The number of aromatic nitrogens is 1. The van der Waals surface area contributed by atoms with E-state index in [2.05, 4.69) is 6.07 Å². The summed E-state index contributed by atoms with van der Waals surface area (Å²) in [6.45, 7) is 7.50. The first kappa shape index (κ1) is 22.9. The highest BCUT2D eigenvalue weighted by Crippen LogP contribution is 2.34. The summed E-state index contributed by atoms with van der Waals surface area (Å²) in [5.41, 5.74) is 2.12. The number of carbonyl (C=O) groups excluding carboxylic acids is 1. The van der Waals surface area contributed by atoms with Crippen LogP contribution in [0.2, 0.25) is 0 Å². The number of likely N-dealkylation sites (tertiary alicyclic amines) is 1.